The molecule has 3 heterocycles. The Morgan fingerprint density at radius 3 is 2.79 bits per heavy atom. The van der Waals surface area contributed by atoms with Crippen LogP contribution < -0.4 is 5.32 Å². The van der Waals surface area contributed by atoms with Crippen molar-refractivity contribution in [3.63, 3.8) is 0 Å². The highest BCUT2D eigenvalue weighted by molar-refractivity contribution is 5.93. The lowest BCUT2D eigenvalue weighted by Crippen LogP contribution is -2.60. The maximum atomic E-state index is 13.1. The molecule has 0 bridgehead atoms. The summed E-state index contributed by atoms with van der Waals surface area (Å²) in [5, 5.41) is 17.8. The fourth-order valence-electron chi connectivity index (χ4n) is 4.44. The number of piperidine rings is 2. The number of aromatic nitrogens is 1. The third kappa shape index (κ3) is 3.67. The van der Waals surface area contributed by atoms with Gasteiger partial charge >= 0.3 is 0 Å². The summed E-state index contributed by atoms with van der Waals surface area (Å²) in [7, 11) is 0. The SMILES string of the molecule is CC(C)c1cc(C(=O)N2CCC[C@@]3(C[C@@H](O)[C@H](c4ccccc4)NC3=O)C2)on1. The van der Waals surface area contributed by atoms with E-state index in [1.165, 1.54) is 0 Å². The fraction of sp³-hybridized carbons (Fsp3) is 0.500. The minimum atomic E-state index is -0.778. The molecule has 1 aromatic carbocycles. The molecular weight excluding hydrogens is 370 g/mol. The summed E-state index contributed by atoms with van der Waals surface area (Å²) in [5.41, 5.74) is 0.839. The van der Waals surface area contributed by atoms with Crippen molar-refractivity contribution in [1.82, 2.24) is 15.4 Å². The highest BCUT2D eigenvalue weighted by Gasteiger charge is 2.50. The standard InChI is InChI=1S/C22H27N3O4/c1-14(2)16-11-18(29-24-16)20(27)25-10-6-9-22(13-25)12-17(26)19(23-21(22)28)15-7-4-3-5-8-15/h3-5,7-8,11,14,17,19,26H,6,9-10,12-13H2,1-2H3,(H,23,28)/t17-,19+,22-/m1/s1. The molecule has 2 N–H and O–H groups in total. The number of benzene rings is 1. The first-order valence-corrected chi connectivity index (χ1v) is 10.2. The van der Waals surface area contributed by atoms with Crippen LogP contribution in [-0.2, 0) is 4.79 Å². The predicted octanol–water partition coefficient (Wildman–Crippen LogP) is 2.64. The van der Waals surface area contributed by atoms with Crippen LogP contribution in [0.5, 0.6) is 0 Å². The van der Waals surface area contributed by atoms with E-state index < -0.39 is 17.6 Å². The van der Waals surface area contributed by atoms with Gasteiger partial charge in [-0.1, -0.05) is 49.3 Å². The average Bonchev–Trinajstić information content (AvgIpc) is 3.22. The summed E-state index contributed by atoms with van der Waals surface area (Å²) in [6, 6.07) is 10.7. The van der Waals surface area contributed by atoms with Gasteiger partial charge in [-0.15, -0.1) is 0 Å². The summed E-state index contributed by atoms with van der Waals surface area (Å²) >= 11 is 0. The number of hydrogen-bond donors (Lipinski definition) is 2. The topological polar surface area (TPSA) is 95.7 Å². The van der Waals surface area contributed by atoms with Crippen molar-refractivity contribution < 1.29 is 19.2 Å². The summed E-state index contributed by atoms with van der Waals surface area (Å²) < 4.78 is 5.25. The molecule has 2 saturated heterocycles. The summed E-state index contributed by atoms with van der Waals surface area (Å²) in [6.45, 7) is 4.80. The molecule has 0 saturated carbocycles. The molecule has 2 aromatic rings. The quantitative estimate of drug-likeness (QED) is 0.830. The molecule has 0 unspecified atom stereocenters. The van der Waals surface area contributed by atoms with E-state index >= 15 is 0 Å². The molecule has 1 aromatic heterocycles. The maximum absolute atomic E-state index is 13.1. The fourth-order valence-corrected chi connectivity index (χ4v) is 4.44. The van der Waals surface area contributed by atoms with E-state index in [1.54, 1.807) is 11.0 Å². The van der Waals surface area contributed by atoms with Crippen LogP contribution in [0.4, 0.5) is 0 Å². The third-order valence-electron chi connectivity index (χ3n) is 6.11. The highest BCUT2D eigenvalue weighted by Crippen LogP contribution is 2.41. The first-order valence-electron chi connectivity index (χ1n) is 10.2. The minimum absolute atomic E-state index is 0.102. The van der Waals surface area contributed by atoms with Crippen molar-refractivity contribution in [3.05, 3.63) is 53.4 Å². The smallest absolute Gasteiger partial charge is 0.292 e. The molecule has 3 atom stereocenters. The minimum Gasteiger partial charge on any atom is -0.391 e. The van der Waals surface area contributed by atoms with E-state index in [1.807, 2.05) is 44.2 Å². The van der Waals surface area contributed by atoms with Crippen LogP contribution >= 0.6 is 0 Å². The molecule has 29 heavy (non-hydrogen) atoms. The lowest BCUT2D eigenvalue weighted by molar-refractivity contribution is -0.144. The summed E-state index contributed by atoms with van der Waals surface area (Å²) in [4.78, 5) is 27.7. The number of hydrogen-bond acceptors (Lipinski definition) is 5. The Kier molecular flexibility index (Phi) is 5.17. The molecule has 0 aliphatic carbocycles. The van der Waals surface area contributed by atoms with Gasteiger partial charge < -0.3 is 19.8 Å². The van der Waals surface area contributed by atoms with Gasteiger partial charge in [-0.05, 0) is 30.7 Å². The Morgan fingerprint density at radius 1 is 1.34 bits per heavy atom. The van der Waals surface area contributed by atoms with Gasteiger partial charge in [0.15, 0.2) is 0 Å². The number of aliphatic hydroxyl groups is 1. The van der Waals surface area contributed by atoms with Crippen molar-refractivity contribution in [2.45, 2.75) is 51.2 Å². The van der Waals surface area contributed by atoms with E-state index in [0.717, 1.165) is 11.3 Å². The Hall–Kier alpha value is -2.67. The van der Waals surface area contributed by atoms with Crippen LogP contribution in [0.2, 0.25) is 0 Å². The van der Waals surface area contributed by atoms with Gasteiger partial charge in [0.25, 0.3) is 5.91 Å². The molecule has 2 aliphatic heterocycles. The molecule has 2 amide bonds. The van der Waals surface area contributed by atoms with Gasteiger partial charge in [-0.3, -0.25) is 9.59 Å². The van der Waals surface area contributed by atoms with Gasteiger partial charge in [0, 0.05) is 19.2 Å². The summed E-state index contributed by atoms with van der Waals surface area (Å²) in [5.74, 6) is 0.0115. The lowest BCUT2D eigenvalue weighted by Gasteiger charge is -2.47. The predicted molar refractivity (Wildman–Crippen MR) is 106 cm³/mol. The second kappa shape index (κ2) is 7.63. The molecule has 1 spiro atoms. The van der Waals surface area contributed by atoms with Crippen LogP contribution in [0.1, 0.15) is 66.9 Å². The molecule has 7 nitrogen and oxygen atoms in total. The van der Waals surface area contributed by atoms with Crippen LogP contribution in [0.15, 0.2) is 40.9 Å². The van der Waals surface area contributed by atoms with Crippen molar-refractivity contribution in [2.75, 3.05) is 13.1 Å². The second-order valence-electron chi connectivity index (χ2n) is 8.51. The number of carbonyl (C=O) groups is 2. The maximum Gasteiger partial charge on any atom is 0.292 e. The van der Waals surface area contributed by atoms with Crippen LogP contribution in [-0.4, -0.2) is 46.2 Å². The van der Waals surface area contributed by atoms with Gasteiger partial charge in [-0.2, -0.15) is 0 Å². The van der Waals surface area contributed by atoms with Gasteiger partial charge in [0.05, 0.1) is 23.3 Å². The molecule has 0 radical (unpaired) electrons. The van der Waals surface area contributed by atoms with Crippen molar-refractivity contribution in [2.24, 2.45) is 5.41 Å². The zero-order chi connectivity index (χ0) is 20.6. The number of carbonyl (C=O) groups excluding carboxylic acids is 2. The van der Waals surface area contributed by atoms with Crippen molar-refractivity contribution in [1.29, 1.82) is 0 Å². The van der Waals surface area contributed by atoms with Gasteiger partial charge in [-0.25, -0.2) is 0 Å². The lowest BCUT2D eigenvalue weighted by atomic mass is 9.70. The third-order valence-corrected chi connectivity index (χ3v) is 6.11. The Balaban J connectivity index is 1.51. The number of aliphatic hydroxyl groups excluding tert-OH is 1. The Labute approximate surface area is 170 Å². The van der Waals surface area contributed by atoms with Crippen LogP contribution in [0.25, 0.3) is 0 Å². The first-order chi connectivity index (χ1) is 13.9. The van der Waals surface area contributed by atoms with E-state index in [0.29, 0.717) is 25.8 Å². The molecule has 2 aliphatic rings. The molecule has 2 fully saturated rings. The average molecular weight is 397 g/mol. The van der Waals surface area contributed by atoms with E-state index in [4.69, 9.17) is 4.52 Å². The molecule has 4 rings (SSSR count). The monoisotopic (exact) mass is 397 g/mol. The summed E-state index contributed by atoms with van der Waals surface area (Å²) in [6.07, 6.45) is 0.973. The second-order valence-corrected chi connectivity index (χ2v) is 8.51. The Bertz CT molecular complexity index is 894. The largest absolute Gasteiger partial charge is 0.391 e. The van der Waals surface area contributed by atoms with Crippen LogP contribution in [0.3, 0.4) is 0 Å². The zero-order valence-corrected chi connectivity index (χ0v) is 16.8. The molecule has 154 valence electrons. The van der Waals surface area contributed by atoms with Gasteiger partial charge in [0.1, 0.15) is 0 Å². The van der Waals surface area contributed by atoms with Crippen molar-refractivity contribution in [3.8, 4) is 0 Å². The number of rotatable bonds is 3. The number of nitrogens with one attached hydrogen (secondary N) is 1. The van der Waals surface area contributed by atoms with Crippen molar-refractivity contribution >= 4 is 11.8 Å². The van der Waals surface area contributed by atoms with E-state index in [9.17, 15) is 14.7 Å². The van der Waals surface area contributed by atoms with Gasteiger partial charge in [0.2, 0.25) is 11.7 Å². The molecule has 7 heteroatoms. The zero-order valence-electron chi connectivity index (χ0n) is 16.8. The normalized spacial score (nSPS) is 27.3. The number of amides is 2. The number of nitrogens with zero attached hydrogens (tertiary/aromatic N) is 2. The van der Waals surface area contributed by atoms with E-state index in [-0.39, 0.29) is 30.0 Å². The number of likely N-dealkylation sites (tertiary alicyclic amines) is 1. The highest BCUT2D eigenvalue weighted by atomic mass is 16.5. The Morgan fingerprint density at radius 2 is 2.10 bits per heavy atom. The first kappa shape index (κ1) is 19.6. The van der Waals surface area contributed by atoms with Crippen LogP contribution in [0, 0.1) is 5.41 Å². The van der Waals surface area contributed by atoms with E-state index in [2.05, 4.69) is 10.5 Å². The molecular formula is C22H27N3O4.